The van der Waals surface area contributed by atoms with Crippen LogP contribution in [0.4, 0.5) is 0 Å². The monoisotopic (exact) mass is 287 g/mol. The second-order valence-electron chi connectivity index (χ2n) is 4.86. The van der Waals surface area contributed by atoms with Crippen molar-refractivity contribution >= 4 is 17.3 Å². The van der Waals surface area contributed by atoms with Crippen molar-refractivity contribution in [2.45, 2.75) is 25.9 Å². The molecule has 0 amide bonds. The van der Waals surface area contributed by atoms with Crippen molar-refractivity contribution in [3.8, 4) is 0 Å². The van der Waals surface area contributed by atoms with E-state index in [1.165, 1.54) is 0 Å². The van der Waals surface area contributed by atoms with Gasteiger partial charge in [-0.15, -0.1) is 0 Å². The van der Waals surface area contributed by atoms with Crippen molar-refractivity contribution in [1.82, 2.24) is 15.2 Å². The molecule has 1 fully saturated rings. The van der Waals surface area contributed by atoms with Gasteiger partial charge in [-0.3, -0.25) is 4.98 Å². The second-order valence-corrected chi connectivity index (χ2v) is 5.25. The van der Waals surface area contributed by atoms with Crippen LogP contribution in [0.3, 0.4) is 0 Å². The van der Waals surface area contributed by atoms with Crippen molar-refractivity contribution in [1.29, 1.82) is 0 Å². The quantitative estimate of drug-likeness (QED) is 0.879. The van der Waals surface area contributed by atoms with Crippen molar-refractivity contribution in [2.75, 3.05) is 6.54 Å². The van der Waals surface area contributed by atoms with Gasteiger partial charge in [-0.2, -0.15) is 0 Å². The summed E-state index contributed by atoms with van der Waals surface area (Å²) in [6.07, 6.45) is 1.80. The maximum absolute atomic E-state index is 5.83. The molecule has 1 N–H and O–H groups in total. The molecule has 0 aliphatic carbocycles. The van der Waals surface area contributed by atoms with Crippen LogP contribution in [0.15, 0.2) is 40.9 Å². The molecule has 0 aromatic carbocycles. The highest BCUT2D eigenvalue weighted by Gasteiger charge is 2.40. The van der Waals surface area contributed by atoms with Crippen LogP contribution >= 0.6 is 12.2 Å². The number of nitrogens with zero attached hydrogens (tertiary/aromatic N) is 2. The molecule has 1 aliphatic rings. The zero-order valence-corrected chi connectivity index (χ0v) is 12.4. The average Bonchev–Trinajstić information content (AvgIpc) is 3.03. The Balaban J connectivity index is 2.02. The number of aryl methyl sites for hydroxylation is 1. The third-order valence-electron chi connectivity index (χ3n) is 3.59. The lowest BCUT2D eigenvalue weighted by atomic mass is 10.0. The summed E-state index contributed by atoms with van der Waals surface area (Å²) in [7, 11) is 0. The van der Waals surface area contributed by atoms with Crippen LogP contribution in [0.5, 0.6) is 0 Å². The Hall–Kier alpha value is -1.88. The van der Waals surface area contributed by atoms with E-state index in [0.717, 1.165) is 28.9 Å². The first-order valence-corrected chi connectivity index (χ1v) is 7.16. The number of hydrogen-bond acceptors (Lipinski definition) is 3. The van der Waals surface area contributed by atoms with E-state index in [4.69, 9.17) is 16.6 Å². The lowest BCUT2D eigenvalue weighted by Crippen LogP contribution is -2.29. The molecule has 0 radical (unpaired) electrons. The number of nitrogens with one attached hydrogen (secondary N) is 1. The molecule has 104 valence electrons. The fourth-order valence-electron chi connectivity index (χ4n) is 2.67. The molecule has 0 bridgehead atoms. The number of hydrogen-bond donors (Lipinski definition) is 1. The Morgan fingerprint density at radius 1 is 1.35 bits per heavy atom. The van der Waals surface area contributed by atoms with Crippen molar-refractivity contribution in [3.63, 3.8) is 0 Å². The van der Waals surface area contributed by atoms with E-state index in [9.17, 15) is 0 Å². The zero-order valence-electron chi connectivity index (χ0n) is 11.5. The highest BCUT2D eigenvalue weighted by molar-refractivity contribution is 7.80. The number of rotatable bonds is 3. The normalized spacial score (nSPS) is 22.1. The molecule has 20 heavy (non-hydrogen) atoms. The minimum Gasteiger partial charge on any atom is -0.464 e. The highest BCUT2D eigenvalue weighted by Crippen LogP contribution is 2.38. The molecule has 3 rings (SSSR count). The number of pyridine rings is 1. The first-order valence-electron chi connectivity index (χ1n) is 6.75. The van der Waals surface area contributed by atoms with Crippen molar-refractivity contribution < 1.29 is 4.42 Å². The molecule has 1 saturated heterocycles. The number of likely N-dealkylation sites (N-methyl/N-ethyl adjacent to an activating group) is 1. The lowest BCUT2D eigenvalue weighted by molar-refractivity contribution is 0.278. The number of thiocarbonyl (C=S) groups is 1. The summed E-state index contributed by atoms with van der Waals surface area (Å²) in [6, 6.07) is 10.0. The number of furan rings is 1. The Morgan fingerprint density at radius 2 is 2.20 bits per heavy atom. The van der Waals surface area contributed by atoms with E-state index in [2.05, 4.69) is 22.1 Å². The lowest BCUT2D eigenvalue weighted by Gasteiger charge is -2.24. The third kappa shape index (κ3) is 2.18. The fourth-order valence-corrected chi connectivity index (χ4v) is 3.04. The van der Waals surface area contributed by atoms with Gasteiger partial charge in [0.1, 0.15) is 17.6 Å². The van der Waals surface area contributed by atoms with Crippen LogP contribution < -0.4 is 5.32 Å². The van der Waals surface area contributed by atoms with Gasteiger partial charge in [-0.25, -0.2) is 0 Å². The SMILES string of the molecule is CCN1C(=S)N[C@@H](c2ccccn2)[C@H]1c1ccc(C)o1. The zero-order chi connectivity index (χ0) is 14.1. The smallest absolute Gasteiger partial charge is 0.170 e. The molecule has 2 aromatic rings. The van der Waals surface area contributed by atoms with Crippen LogP contribution in [-0.2, 0) is 0 Å². The first kappa shape index (κ1) is 13.1. The molecule has 3 heterocycles. The Bertz CT molecular complexity index is 611. The van der Waals surface area contributed by atoms with Gasteiger partial charge >= 0.3 is 0 Å². The van der Waals surface area contributed by atoms with Gasteiger partial charge < -0.3 is 14.6 Å². The predicted octanol–water partition coefficient (Wildman–Crippen LogP) is 2.98. The maximum Gasteiger partial charge on any atom is 0.170 e. The number of aromatic nitrogens is 1. The van der Waals surface area contributed by atoms with E-state index in [1.54, 1.807) is 6.20 Å². The molecule has 0 spiro atoms. The largest absolute Gasteiger partial charge is 0.464 e. The van der Waals surface area contributed by atoms with Crippen LogP contribution in [-0.4, -0.2) is 21.5 Å². The molecule has 1 aliphatic heterocycles. The van der Waals surface area contributed by atoms with Crippen LogP contribution in [0.1, 0.15) is 36.2 Å². The van der Waals surface area contributed by atoms with Gasteiger partial charge in [0.05, 0.1) is 11.7 Å². The summed E-state index contributed by atoms with van der Waals surface area (Å²) in [5.41, 5.74) is 0.977. The standard InChI is InChI=1S/C15H17N3OS/c1-3-18-14(12-8-7-10(2)19-12)13(17-15(18)20)11-6-4-5-9-16-11/h4-9,13-14H,3H2,1-2H3,(H,17,20)/t13-,14+/m0/s1. The minimum atomic E-state index is 0.0224. The molecule has 0 saturated carbocycles. The van der Waals surface area contributed by atoms with Crippen LogP contribution in [0.25, 0.3) is 0 Å². The molecular formula is C15H17N3OS. The minimum absolute atomic E-state index is 0.0224. The summed E-state index contributed by atoms with van der Waals surface area (Å²) < 4.78 is 5.83. The average molecular weight is 287 g/mol. The summed E-state index contributed by atoms with van der Waals surface area (Å²) >= 11 is 5.45. The van der Waals surface area contributed by atoms with Crippen molar-refractivity contribution in [2.24, 2.45) is 0 Å². The highest BCUT2D eigenvalue weighted by atomic mass is 32.1. The van der Waals surface area contributed by atoms with Gasteiger partial charge in [-0.1, -0.05) is 6.07 Å². The Labute approximate surface area is 123 Å². The third-order valence-corrected chi connectivity index (χ3v) is 3.94. The second kappa shape index (κ2) is 5.25. The van der Waals surface area contributed by atoms with Gasteiger partial charge in [0.15, 0.2) is 5.11 Å². The topological polar surface area (TPSA) is 41.3 Å². The molecule has 2 atom stereocenters. The maximum atomic E-state index is 5.83. The van der Waals surface area contributed by atoms with Gasteiger partial charge in [-0.05, 0) is 50.3 Å². The molecule has 4 nitrogen and oxygen atoms in total. The molecule has 0 unspecified atom stereocenters. The molecular weight excluding hydrogens is 270 g/mol. The summed E-state index contributed by atoms with van der Waals surface area (Å²) in [6.45, 7) is 4.88. The summed E-state index contributed by atoms with van der Waals surface area (Å²) in [5.74, 6) is 1.83. The fraction of sp³-hybridized carbons (Fsp3) is 0.333. The van der Waals surface area contributed by atoms with E-state index >= 15 is 0 Å². The Morgan fingerprint density at radius 3 is 2.80 bits per heavy atom. The molecule has 5 heteroatoms. The van der Waals surface area contributed by atoms with E-state index in [0.29, 0.717) is 0 Å². The van der Waals surface area contributed by atoms with E-state index < -0.39 is 0 Å². The summed E-state index contributed by atoms with van der Waals surface area (Å²) in [4.78, 5) is 6.60. The van der Waals surface area contributed by atoms with Gasteiger partial charge in [0.25, 0.3) is 0 Å². The first-order chi connectivity index (χ1) is 9.70. The molecule has 2 aromatic heterocycles. The van der Waals surface area contributed by atoms with Crippen molar-refractivity contribution in [3.05, 3.63) is 53.7 Å². The predicted molar refractivity (Wildman–Crippen MR) is 81.3 cm³/mol. The summed E-state index contributed by atoms with van der Waals surface area (Å²) in [5, 5.41) is 4.12. The van der Waals surface area contributed by atoms with E-state index in [-0.39, 0.29) is 12.1 Å². The van der Waals surface area contributed by atoms with E-state index in [1.807, 2.05) is 37.3 Å². The Kier molecular flexibility index (Phi) is 3.44. The van der Waals surface area contributed by atoms with Gasteiger partial charge in [0.2, 0.25) is 0 Å². The van der Waals surface area contributed by atoms with Crippen LogP contribution in [0, 0.1) is 6.92 Å². The van der Waals surface area contributed by atoms with Gasteiger partial charge in [0, 0.05) is 12.7 Å². The van der Waals surface area contributed by atoms with Crippen LogP contribution in [0.2, 0.25) is 0 Å².